The van der Waals surface area contributed by atoms with Gasteiger partial charge in [-0.2, -0.15) is 0 Å². The molecule has 1 saturated heterocycles. The van der Waals surface area contributed by atoms with Crippen molar-refractivity contribution in [1.29, 1.82) is 5.41 Å². The quantitative estimate of drug-likeness (QED) is 0.616. The van der Waals surface area contributed by atoms with E-state index in [1.165, 1.54) is 12.8 Å². The van der Waals surface area contributed by atoms with Crippen LogP contribution in [-0.2, 0) is 0 Å². The van der Waals surface area contributed by atoms with E-state index in [1.807, 2.05) is 12.1 Å². The number of halogens is 1. The van der Waals surface area contributed by atoms with Crippen molar-refractivity contribution in [3.05, 3.63) is 28.5 Å². The van der Waals surface area contributed by atoms with E-state index in [9.17, 15) is 0 Å². The molecule has 0 aliphatic carbocycles. The van der Waals surface area contributed by atoms with Crippen LogP contribution in [-0.4, -0.2) is 28.8 Å². The van der Waals surface area contributed by atoms with Crippen molar-refractivity contribution < 1.29 is 0 Å². The van der Waals surface area contributed by atoms with Crippen molar-refractivity contribution in [2.75, 3.05) is 13.1 Å². The highest BCUT2D eigenvalue weighted by molar-refractivity contribution is 9.10. The highest BCUT2D eigenvalue weighted by atomic mass is 79.9. The number of hydrogen-bond acceptors (Lipinski definition) is 2. The second kappa shape index (κ2) is 4.09. The molecule has 3 nitrogen and oxygen atoms in total. The summed E-state index contributed by atoms with van der Waals surface area (Å²) < 4.78 is 0.954. The first-order valence-electron chi connectivity index (χ1n) is 4.73. The number of amidine groups is 1. The number of hydrogen-bond donors (Lipinski definition) is 1. The number of likely N-dealkylation sites (tertiary alicyclic amines) is 1. The van der Waals surface area contributed by atoms with Crippen LogP contribution in [0.15, 0.2) is 22.8 Å². The number of nitrogens with zero attached hydrogens (tertiary/aromatic N) is 2. The Balaban J connectivity index is 2.14. The molecule has 4 heteroatoms. The summed E-state index contributed by atoms with van der Waals surface area (Å²) in [6.07, 6.45) is 4.12. The first-order chi connectivity index (χ1) is 6.77. The third kappa shape index (κ3) is 1.95. The minimum absolute atomic E-state index is 0.551. The molecule has 1 fully saturated rings. The average Bonchev–Trinajstić information content (AvgIpc) is 2.71. The van der Waals surface area contributed by atoms with Crippen LogP contribution in [0.5, 0.6) is 0 Å². The molecule has 0 saturated carbocycles. The molecule has 0 aromatic carbocycles. The minimum atomic E-state index is 0.551. The molecular formula is C10H12BrN3. The Morgan fingerprint density at radius 2 is 2.07 bits per heavy atom. The van der Waals surface area contributed by atoms with Gasteiger partial charge in [0.2, 0.25) is 0 Å². The smallest absolute Gasteiger partial charge is 0.147 e. The zero-order chi connectivity index (χ0) is 9.97. The van der Waals surface area contributed by atoms with Crippen molar-refractivity contribution in [2.24, 2.45) is 0 Å². The number of pyridine rings is 1. The molecule has 2 heterocycles. The normalized spacial score (nSPS) is 15.9. The van der Waals surface area contributed by atoms with Gasteiger partial charge in [-0.1, -0.05) is 0 Å². The lowest BCUT2D eigenvalue weighted by Gasteiger charge is -2.17. The molecule has 1 aliphatic rings. The van der Waals surface area contributed by atoms with Gasteiger partial charge in [-0.3, -0.25) is 10.4 Å². The molecule has 0 amide bonds. The van der Waals surface area contributed by atoms with Gasteiger partial charge in [0.25, 0.3) is 0 Å². The summed E-state index contributed by atoms with van der Waals surface area (Å²) in [7, 11) is 0. The third-order valence-electron chi connectivity index (χ3n) is 2.39. The van der Waals surface area contributed by atoms with Crippen LogP contribution < -0.4 is 0 Å². The van der Waals surface area contributed by atoms with Crippen LogP contribution in [0.3, 0.4) is 0 Å². The van der Waals surface area contributed by atoms with E-state index in [0.717, 1.165) is 23.3 Å². The summed E-state index contributed by atoms with van der Waals surface area (Å²) in [5.41, 5.74) is 0.759. The maximum atomic E-state index is 7.95. The zero-order valence-corrected chi connectivity index (χ0v) is 9.42. The van der Waals surface area contributed by atoms with E-state index < -0.39 is 0 Å². The Bertz CT molecular complexity index is 328. The maximum Gasteiger partial charge on any atom is 0.147 e. The molecule has 1 N–H and O–H groups in total. The fourth-order valence-corrected chi connectivity index (χ4v) is 1.85. The Labute approximate surface area is 91.8 Å². The highest BCUT2D eigenvalue weighted by Crippen LogP contribution is 2.13. The second-order valence-electron chi connectivity index (χ2n) is 3.40. The average molecular weight is 254 g/mol. The Kier molecular flexibility index (Phi) is 2.82. The highest BCUT2D eigenvalue weighted by Gasteiger charge is 2.16. The van der Waals surface area contributed by atoms with E-state index in [2.05, 4.69) is 25.8 Å². The zero-order valence-electron chi connectivity index (χ0n) is 7.83. The summed E-state index contributed by atoms with van der Waals surface area (Å²) >= 11 is 3.33. The van der Waals surface area contributed by atoms with E-state index >= 15 is 0 Å². The fraction of sp³-hybridized carbons (Fsp3) is 0.400. The van der Waals surface area contributed by atoms with Crippen molar-refractivity contribution in [3.63, 3.8) is 0 Å². The lowest BCUT2D eigenvalue weighted by Crippen LogP contribution is -2.28. The predicted molar refractivity (Wildman–Crippen MR) is 59.6 cm³/mol. The Hall–Kier alpha value is -0.900. The fourth-order valence-electron chi connectivity index (χ4n) is 1.62. The van der Waals surface area contributed by atoms with Gasteiger partial charge in [-0.05, 0) is 40.9 Å². The summed E-state index contributed by atoms with van der Waals surface area (Å²) in [4.78, 5) is 6.29. The lowest BCUT2D eigenvalue weighted by molar-refractivity contribution is 0.515. The summed E-state index contributed by atoms with van der Waals surface area (Å²) in [5, 5.41) is 7.95. The summed E-state index contributed by atoms with van der Waals surface area (Å²) in [6.45, 7) is 1.99. The van der Waals surface area contributed by atoms with Gasteiger partial charge in [-0.25, -0.2) is 0 Å². The molecule has 0 spiro atoms. The van der Waals surface area contributed by atoms with Gasteiger partial charge >= 0.3 is 0 Å². The Morgan fingerprint density at radius 3 is 2.64 bits per heavy atom. The predicted octanol–water partition coefficient (Wildman–Crippen LogP) is 2.27. The van der Waals surface area contributed by atoms with Crippen molar-refractivity contribution in [1.82, 2.24) is 9.88 Å². The second-order valence-corrected chi connectivity index (χ2v) is 4.32. The maximum absolute atomic E-state index is 7.95. The third-order valence-corrected chi connectivity index (χ3v) is 2.86. The van der Waals surface area contributed by atoms with Crippen molar-refractivity contribution >= 4 is 21.8 Å². The minimum Gasteiger partial charge on any atom is -0.355 e. The van der Waals surface area contributed by atoms with Crippen LogP contribution in [0, 0.1) is 5.41 Å². The van der Waals surface area contributed by atoms with Crippen molar-refractivity contribution in [2.45, 2.75) is 12.8 Å². The van der Waals surface area contributed by atoms with E-state index in [4.69, 9.17) is 5.41 Å². The standard InChI is InChI=1S/C10H12BrN3/c11-8-3-4-9(13-7-8)10(12)14-5-1-2-6-14/h3-4,7,12H,1-2,5-6H2. The van der Waals surface area contributed by atoms with Crippen molar-refractivity contribution in [3.8, 4) is 0 Å². The van der Waals surface area contributed by atoms with Gasteiger partial charge < -0.3 is 4.90 Å². The summed E-state index contributed by atoms with van der Waals surface area (Å²) in [6, 6.07) is 3.80. The number of nitrogens with one attached hydrogen (secondary N) is 1. The molecule has 74 valence electrons. The Morgan fingerprint density at radius 1 is 1.36 bits per heavy atom. The molecule has 1 aromatic heterocycles. The van der Waals surface area contributed by atoms with E-state index in [0.29, 0.717) is 5.84 Å². The topological polar surface area (TPSA) is 40.0 Å². The molecule has 0 radical (unpaired) electrons. The molecule has 1 aromatic rings. The van der Waals surface area contributed by atoms with Gasteiger partial charge in [0.05, 0.1) is 0 Å². The van der Waals surface area contributed by atoms with Crippen LogP contribution in [0.4, 0.5) is 0 Å². The summed E-state index contributed by atoms with van der Waals surface area (Å²) in [5.74, 6) is 0.551. The lowest BCUT2D eigenvalue weighted by atomic mass is 10.3. The van der Waals surface area contributed by atoms with Gasteiger partial charge in [0.1, 0.15) is 11.5 Å². The monoisotopic (exact) mass is 253 g/mol. The van der Waals surface area contributed by atoms with Gasteiger partial charge in [0.15, 0.2) is 0 Å². The molecular weight excluding hydrogens is 242 g/mol. The van der Waals surface area contributed by atoms with Gasteiger partial charge in [-0.15, -0.1) is 0 Å². The van der Waals surface area contributed by atoms with Gasteiger partial charge in [0, 0.05) is 23.8 Å². The number of aromatic nitrogens is 1. The first kappa shape index (κ1) is 9.65. The largest absolute Gasteiger partial charge is 0.355 e. The van der Waals surface area contributed by atoms with Crippen LogP contribution in [0.1, 0.15) is 18.5 Å². The van der Waals surface area contributed by atoms with E-state index in [-0.39, 0.29) is 0 Å². The molecule has 0 bridgehead atoms. The molecule has 0 unspecified atom stereocenters. The van der Waals surface area contributed by atoms with Crippen LogP contribution >= 0.6 is 15.9 Å². The SMILES string of the molecule is N=C(c1ccc(Br)cn1)N1CCCC1. The molecule has 14 heavy (non-hydrogen) atoms. The molecule has 2 rings (SSSR count). The number of rotatable bonds is 1. The van der Waals surface area contributed by atoms with Crippen LogP contribution in [0.2, 0.25) is 0 Å². The van der Waals surface area contributed by atoms with E-state index in [1.54, 1.807) is 6.20 Å². The van der Waals surface area contributed by atoms with Crippen LogP contribution in [0.25, 0.3) is 0 Å². The first-order valence-corrected chi connectivity index (χ1v) is 5.52. The molecule has 0 atom stereocenters. The molecule has 1 aliphatic heterocycles.